The second kappa shape index (κ2) is 6.49. The van der Waals surface area contributed by atoms with Gasteiger partial charge in [0.05, 0.1) is 10.6 Å². The average molecular weight is 352 g/mol. The van der Waals surface area contributed by atoms with Crippen molar-refractivity contribution in [3.05, 3.63) is 44.7 Å². The molecule has 21 heavy (non-hydrogen) atoms. The maximum atomic E-state index is 11.3. The van der Waals surface area contributed by atoms with Gasteiger partial charge >= 0.3 is 5.69 Å². The number of anilines is 3. The first-order valence-electron chi connectivity index (χ1n) is 6.30. The maximum absolute atomic E-state index is 11.3. The highest BCUT2D eigenvalue weighted by molar-refractivity contribution is 9.10. The van der Waals surface area contributed by atoms with Crippen LogP contribution >= 0.6 is 15.9 Å². The predicted molar refractivity (Wildman–Crippen MR) is 85.0 cm³/mol. The standard InChI is InChI=1S/C13H14BrN5O2/c1-3-15-12-11(19(20)21)13(17-7-16-12)18-9-6-4-5-8(2)10(9)14/h4-7H,3H2,1-2H3,(H2,15,16,17,18). The lowest BCUT2D eigenvalue weighted by Crippen LogP contribution is -2.07. The molecule has 7 nitrogen and oxygen atoms in total. The Labute approximate surface area is 130 Å². The molecule has 8 heteroatoms. The summed E-state index contributed by atoms with van der Waals surface area (Å²) in [4.78, 5) is 18.7. The van der Waals surface area contributed by atoms with Crippen molar-refractivity contribution in [3.63, 3.8) is 0 Å². The molecule has 0 radical (unpaired) electrons. The fourth-order valence-corrected chi connectivity index (χ4v) is 2.17. The molecule has 0 amide bonds. The molecule has 2 rings (SSSR count). The Bertz CT molecular complexity index is 678. The molecule has 2 aromatic rings. The second-order valence-corrected chi connectivity index (χ2v) is 5.06. The smallest absolute Gasteiger partial charge is 0.353 e. The summed E-state index contributed by atoms with van der Waals surface area (Å²) in [6, 6.07) is 5.62. The molecule has 0 aliphatic carbocycles. The van der Waals surface area contributed by atoms with Gasteiger partial charge in [0.2, 0.25) is 11.6 Å². The van der Waals surface area contributed by atoms with Crippen LogP contribution in [-0.4, -0.2) is 21.4 Å². The van der Waals surface area contributed by atoms with Crippen LogP contribution in [0.3, 0.4) is 0 Å². The van der Waals surface area contributed by atoms with Crippen molar-refractivity contribution in [2.45, 2.75) is 13.8 Å². The Kier molecular flexibility index (Phi) is 4.69. The number of hydrogen-bond donors (Lipinski definition) is 2. The largest absolute Gasteiger partial charge is 0.364 e. The van der Waals surface area contributed by atoms with Gasteiger partial charge in [-0.2, -0.15) is 0 Å². The molecule has 0 spiro atoms. The van der Waals surface area contributed by atoms with Crippen molar-refractivity contribution < 1.29 is 4.92 Å². The highest BCUT2D eigenvalue weighted by Gasteiger charge is 2.23. The lowest BCUT2D eigenvalue weighted by atomic mass is 10.2. The van der Waals surface area contributed by atoms with E-state index in [2.05, 4.69) is 36.5 Å². The number of hydrogen-bond acceptors (Lipinski definition) is 6. The first-order chi connectivity index (χ1) is 10.0. The Morgan fingerprint density at radius 3 is 2.71 bits per heavy atom. The van der Waals surface area contributed by atoms with Crippen LogP contribution in [0.5, 0.6) is 0 Å². The molecule has 0 aliphatic heterocycles. The summed E-state index contributed by atoms with van der Waals surface area (Å²) in [5, 5.41) is 17.1. The van der Waals surface area contributed by atoms with Crippen LogP contribution in [0.1, 0.15) is 12.5 Å². The lowest BCUT2D eigenvalue weighted by molar-refractivity contribution is -0.383. The minimum atomic E-state index is -0.496. The summed E-state index contributed by atoms with van der Waals surface area (Å²) in [5.41, 5.74) is 1.55. The van der Waals surface area contributed by atoms with E-state index >= 15 is 0 Å². The number of aromatic nitrogens is 2. The Morgan fingerprint density at radius 1 is 1.33 bits per heavy atom. The zero-order valence-corrected chi connectivity index (χ0v) is 13.1. The summed E-state index contributed by atoms with van der Waals surface area (Å²) in [6.45, 7) is 4.31. The van der Waals surface area contributed by atoms with E-state index in [1.807, 2.05) is 32.0 Å². The van der Waals surface area contributed by atoms with Crippen molar-refractivity contribution in [2.24, 2.45) is 0 Å². The number of nitrogens with zero attached hydrogens (tertiary/aromatic N) is 3. The van der Waals surface area contributed by atoms with Gasteiger partial charge in [-0.3, -0.25) is 10.1 Å². The van der Waals surface area contributed by atoms with E-state index in [1.54, 1.807) is 0 Å². The van der Waals surface area contributed by atoms with Gasteiger partial charge < -0.3 is 10.6 Å². The molecular formula is C13H14BrN5O2. The van der Waals surface area contributed by atoms with E-state index in [4.69, 9.17) is 0 Å². The molecular weight excluding hydrogens is 338 g/mol. The van der Waals surface area contributed by atoms with Gasteiger partial charge in [-0.1, -0.05) is 12.1 Å². The highest BCUT2D eigenvalue weighted by atomic mass is 79.9. The van der Waals surface area contributed by atoms with Gasteiger partial charge in [0.1, 0.15) is 6.33 Å². The van der Waals surface area contributed by atoms with E-state index in [1.165, 1.54) is 6.33 Å². The van der Waals surface area contributed by atoms with Crippen LogP contribution in [0.15, 0.2) is 29.0 Å². The van der Waals surface area contributed by atoms with E-state index in [0.29, 0.717) is 12.2 Å². The first-order valence-corrected chi connectivity index (χ1v) is 7.09. The lowest BCUT2D eigenvalue weighted by Gasteiger charge is -2.11. The minimum absolute atomic E-state index is 0.150. The topological polar surface area (TPSA) is 93.0 Å². The monoisotopic (exact) mass is 351 g/mol. The zero-order chi connectivity index (χ0) is 15.4. The summed E-state index contributed by atoms with van der Waals surface area (Å²) in [7, 11) is 0. The quantitative estimate of drug-likeness (QED) is 0.631. The van der Waals surface area contributed by atoms with Crippen LogP contribution < -0.4 is 10.6 Å². The van der Waals surface area contributed by atoms with Gasteiger partial charge in [0, 0.05) is 11.0 Å². The summed E-state index contributed by atoms with van der Waals surface area (Å²) >= 11 is 3.46. The zero-order valence-electron chi connectivity index (χ0n) is 11.6. The molecule has 1 aromatic heterocycles. The first kappa shape index (κ1) is 15.2. The Balaban J connectivity index is 2.46. The van der Waals surface area contributed by atoms with Crippen molar-refractivity contribution >= 4 is 38.9 Å². The fraction of sp³-hybridized carbons (Fsp3) is 0.231. The van der Waals surface area contributed by atoms with Crippen LogP contribution in [0.4, 0.5) is 23.0 Å². The molecule has 0 aliphatic rings. The molecule has 0 atom stereocenters. The molecule has 0 unspecified atom stereocenters. The molecule has 0 saturated heterocycles. The summed E-state index contributed by atoms with van der Waals surface area (Å²) in [6.07, 6.45) is 1.29. The number of benzene rings is 1. The second-order valence-electron chi connectivity index (χ2n) is 4.27. The number of nitrogens with one attached hydrogen (secondary N) is 2. The molecule has 110 valence electrons. The fourth-order valence-electron chi connectivity index (χ4n) is 1.81. The van der Waals surface area contributed by atoms with Crippen molar-refractivity contribution in [2.75, 3.05) is 17.2 Å². The van der Waals surface area contributed by atoms with Crippen LogP contribution in [0.25, 0.3) is 0 Å². The molecule has 2 N–H and O–H groups in total. The van der Waals surface area contributed by atoms with E-state index in [9.17, 15) is 10.1 Å². The van der Waals surface area contributed by atoms with Gasteiger partial charge in [0.15, 0.2) is 0 Å². The van der Waals surface area contributed by atoms with E-state index in [-0.39, 0.29) is 17.3 Å². The Hall–Kier alpha value is -2.22. The third kappa shape index (κ3) is 3.27. The van der Waals surface area contributed by atoms with Gasteiger partial charge in [-0.05, 0) is 41.4 Å². The van der Waals surface area contributed by atoms with Gasteiger partial charge in [-0.15, -0.1) is 0 Å². The number of halogens is 1. The van der Waals surface area contributed by atoms with Crippen LogP contribution in [0.2, 0.25) is 0 Å². The highest BCUT2D eigenvalue weighted by Crippen LogP contribution is 2.34. The maximum Gasteiger partial charge on any atom is 0.353 e. The van der Waals surface area contributed by atoms with Crippen molar-refractivity contribution in [1.82, 2.24) is 9.97 Å². The molecule has 0 saturated carbocycles. The number of nitro groups is 1. The van der Waals surface area contributed by atoms with Crippen molar-refractivity contribution in [1.29, 1.82) is 0 Å². The minimum Gasteiger partial charge on any atom is -0.364 e. The van der Waals surface area contributed by atoms with Gasteiger partial charge in [-0.25, -0.2) is 9.97 Å². The third-order valence-corrected chi connectivity index (χ3v) is 3.85. The van der Waals surface area contributed by atoms with E-state index < -0.39 is 4.92 Å². The normalized spacial score (nSPS) is 10.2. The van der Waals surface area contributed by atoms with E-state index in [0.717, 1.165) is 10.0 Å². The predicted octanol–water partition coefficient (Wildman–Crippen LogP) is 3.63. The van der Waals surface area contributed by atoms with Crippen LogP contribution in [-0.2, 0) is 0 Å². The molecule has 0 bridgehead atoms. The Morgan fingerprint density at radius 2 is 2.05 bits per heavy atom. The SMILES string of the molecule is CCNc1ncnc(Nc2cccc(C)c2Br)c1[N+](=O)[O-]. The van der Waals surface area contributed by atoms with Gasteiger partial charge in [0.25, 0.3) is 0 Å². The number of rotatable bonds is 5. The molecule has 1 aromatic carbocycles. The average Bonchev–Trinajstić information content (AvgIpc) is 2.44. The molecule has 0 fully saturated rings. The summed E-state index contributed by atoms with van der Waals surface area (Å²) < 4.78 is 0.836. The summed E-state index contributed by atoms with van der Waals surface area (Å²) in [5.74, 6) is 0.348. The third-order valence-electron chi connectivity index (χ3n) is 2.79. The molecule has 1 heterocycles. The number of aryl methyl sites for hydroxylation is 1. The van der Waals surface area contributed by atoms with Crippen molar-refractivity contribution in [3.8, 4) is 0 Å². The van der Waals surface area contributed by atoms with Crippen LogP contribution in [0, 0.1) is 17.0 Å².